The van der Waals surface area contributed by atoms with E-state index in [1.54, 1.807) is 0 Å². The molecule has 3 nitrogen and oxygen atoms in total. The normalized spacial score (nSPS) is 25.2. The SMILES string of the molecule is Cc1ccc(C(N)C(=O)N2CCSC(C)C2C)cc1. The number of aryl methyl sites for hydroxylation is 1. The zero-order valence-electron chi connectivity index (χ0n) is 11.8. The van der Waals surface area contributed by atoms with Gasteiger partial charge in [-0.3, -0.25) is 4.79 Å². The minimum absolute atomic E-state index is 0.0449. The molecule has 3 unspecified atom stereocenters. The molecule has 0 spiro atoms. The van der Waals surface area contributed by atoms with Crippen molar-refractivity contribution in [3.05, 3.63) is 35.4 Å². The van der Waals surface area contributed by atoms with Gasteiger partial charge in [-0.05, 0) is 19.4 Å². The lowest BCUT2D eigenvalue weighted by Crippen LogP contribution is -2.50. The Morgan fingerprint density at radius 3 is 2.63 bits per heavy atom. The number of benzene rings is 1. The molecule has 1 saturated heterocycles. The van der Waals surface area contributed by atoms with Crippen LogP contribution in [-0.4, -0.2) is 34.4 Å². The summed E-state index contributed by atoms with van der Waals surface area (Å²) in [4.78, 5) is 14.5. The van der Waals surface area contributed by atoms with Gasteiger partial charge in [0.1, 0.15) is 6.04 Å². The topological polar surface area (TPSA) is 46.3 Å². The highest BCUT2D eigenvalue weighted by Crippen LogP contribution is 2.26. The standard InChI is InChI=1S/C15H22N2OS/c1-10-4-6-13(7-5-10)14(16)15(18)17-8-9-19-12(3)11(17)2/h4-7,11-12,14H,8-9,16H2,1-3H3. The minimum atomic E-state index is -0.543. The lowest BCUT2D eigenvalue weighted by atomic mass is 10.0. The van der Waals surface area contributed by atoms with E-state index in [1.807, 2.05) is 47.9 Å². The van der Waals surface area contributed by atoms with Crippen molar-refractivity contribution in [2.24, 2.45) is 5.73 Å². The molecule has 2 rings (SSSR count). The molecule has 2 N–H and O–H groups in total. The molecule has 4 heteroatoms. The van der Waals surface area contributed by atoms with Gasteiger partial charge in [-0.25, -0.2) is 0 Å². The van der Waals surface area contributed by atoms with Gasteiger partial charge in [0.15, 0.2) is 0 Å². The van der Waals surface area contributed by atoms with Crippen LogP contribution in [0.1, 0.15) is 31.0 Å². The predicted molar refractivity (Wildman–Crippen MR) is 81.2 cm³/mol. The van der Waals surface area contributed by atoms with Crippen LogP contribution in [0.3, 0.4) is 0 Å². The average molecular weight is 278 g/mol. The van der Waals surface area contributed by atoms with E-state index in [4.69, 9.17) is 5.73 Å². The fourth-order valence-electron chi connectivity index (χ4n) is 2.34. The van der Waals surface area contributed by atoms with Crippen LogP contribution in [0.2, 0.25) is 0 Å². The third-order valence-electron chi connectivity index (χ3n) is 3.87. The highest BCUT2D eigenvalue weighted by atomic mass is 32.2. The van der Waals surface area contributed by atoms with Gasteiger partial charge in [-0.2, -0.15) is 11.8 Å². The molecule has 1 aromatic rings. The van der Waals surface area contributed by atoms with E-state index < -0.39 is 6.04 Å². The number of amides is 1. The molecule has 0 radical (unpaired) electrons. The molecule has 1 aliphatic rings. The van der Waals surface area contributed by atoms with Crippen molar-refractivity contribution in [1.29, 1.82) is 0 Å². The van der Waals surface area contributed by atoms with Crippen molar-refractivity contribution >= 4 is 17.7 Å². The van der Waals surface area contributed by atoms with E-state index >= 15 is 0 Å². The Bertz CT molecular complexity index is 446. The summed E-state index contributed by atoms with van der Waals surface area (Å²) in [5.41, 5.74) is 8.21. The molecular formula is C15H22N2OS. The van der Waals surface area contributed by atoms with E-state index in [1.165, 1.54) is 5.56 Å². The quantitative estimate of drug-likeness (QED) is 0.903. The van der Waals surface area contributed by atoms with Crippen LogP contribution >= 0.6 is 11.8 Å². The molecule has 104 valence electrons. The Morgan fingerprint density at radius 1 is 1.37 bits per heavy atom. The first-order valence-corrected chi connectivity index (χ1v) is 7.80. The summed E-state index contributed by atoms with van der Waals surface area (Å²) in [6.07, 6.45) is 0. The smallest absolute Gasteiger partial charge is 0.244 e. The second kappa shape index (κ2) is 5.97. The second-order valence-corrected chi connectivity index (χ2v) is 6.72. The number of hydrogen-bond acceptors (Lipinski definition) is 3. The number of thioether (sulfide) groups is 1. The first-order valence-electron chi connectivity index (χ1n) is 6.75. The molecule has 1 heterocycles. The summed E-state index contributed by atoms with van der Waals surface area (Å²) in [6, 6.07) is 7.61. The lowest BCUT2D eigenvalue weighted by Gasteiger charge is -2.38. The molecule has 1 amide bonds. The van der Waals surface area contributed by atoms with Crippen molar-refractivity contribution in [3.8, 4) is 0 Å². The van der Waals surface area contributed by atoms with Crippen LogP contribution in [0.4, 0.5) is 0 Å². The molecule has 0 aliphatic carbocycles. The van der Waals surface area contributed by atoms with Gasteiger partial charge in [0, 0.05) is 23.6 Å². The Labute approximate surface area is 119 Å². The first kappa shape index (κ1) is 14.4. The van der Waals surface area contributed by atoms with Crippen LogP contribution in [0, 0.1) is 6.92 Å². The van der Waals surface area contributed by atoms with Crippen LogP contribution in [0.15, 0.2) is 24.3 Å². The largest absolute Gasteiger partial charge is 0.336 e. The third kappa shape index (κ3) is 3.12. The Morgan fingerprint density at radius 2 is 2.00 bits per heavy atom. The highest BCUT2D eigenvalue weighted by molar-refractivity contribution is 8.00. The van der Waals surface area contributed by atoms with Crippen LogP contribution in [0.25, 0.3) is 0 Å². The maximum absolute atomic E-state index is 12.5. The zero-order valence-corrected chi connectivity index (χ0v) is 12.6. The van der Waals surface area contributed by atoms with Gasteiger partial charge in [0.05, 0.1) is 0 Å². The second-order valence-electron chi connectivity index (χ2n) is 5.24. The van der Waals surface area contributed by atoms with Gasteiger partial charge in [-0.1, -0.05) is 36.8 Å². The zero-order chi connectivity index (χ0) is 14.0. The number of nitrogens with two attached hydrogens (primary N) is 1. The Hall–Kier alpha value is -1.00. The number of rotatable bonds is 2. The molecule has 0 saturated carbocycles. The Kier molecular flexibility index (Phi) is 4.53. The molecule has 0 bridgehead atoms. The maximum Gasteiger partial charge on any atom is 0.244 e. The van der Waals surface area contributed by atoms with Crippen molar-refractivity contribution in [2.75, 3.05) is 12.3 Å². The van der Waals surface area contributed by atoms with Crippen molar-refractivity contribution in [2.45, 2.75) is 38.1 Å². The molecular weight excluding hydrogens is 256 g/mol. The summed E-state index contributed by atoms with van der Waals surface area (Å²) in [5.74, 6) is 1.04. The van der Waals surface area contributed by atoms with Gasteiger partial charge in [0.2, 0.25) is 5.91 Å². The predicted octanol–water partition coefficient (Wildman–Crippen LogP) is 2.35. The van der Waals surface area contributed by atoms with E-state index in [0.29, 0.717) is 5.25 Å². The van der Waals surface area contributed by atoms with E-state index in [-0.39, 0.29) is 11.9 Å². The summed E-state index contributed by atoms with van der Waals surface area (Å²) in [7, 11) is 0. The van der Waals surface area contributed by atoms with Crippen molar-refractivity contribution in [3.63, 3.8) is 0 Å². The van der Waals surface area contributed by atoms with Crippen LogP contribution in [0.5, 0.6) is 0 Å². The fourth-order valence-corrected chi connectivity index (χ4v) is 3.44. The van der Waals surface area contributed by atoms with Crippen molar-refractivity contribution in [1.82, 2.24) is 4.90 Å². The number of nitrogens with zero attached hydrogens (tertiary/aromatic N) is 1. The number of carbonyl (C=O) groups excluding carboxylic acids is 1. The lowest BCUT2D eigenvalue weighted by molar-refractivity contribution is -0.134. The van der Waals surface area contributed by atoms with E-state index in [0.717, 1.165) is 17.9 Å². The molecule has 1 aliphatic heterocycles. The summed E-state index contributed by atoms with van der Waals surface area (Å²) >= 11 is 1.92. The van der Waals surface area contributed by atoms with Gasteiger partial charge < -0.3 is 10.6 Å². The monoisotopic (exact) mass is 278 g/mol. The summed E-state index contributed by atoms with van der Waals surface area (Å²) in [5, 5.41) is 0.475. The molecule has 0 aromatic heterocycles. The molecule has 1 aromatic carbocycles. The van der Waals surface area contributed by atoms with E-state index in [9.17, 15) is 4.79 Å². The van der Waals surface area contributed by atoms with Crippen molar-refractivity contribution < 1.29 is 4.79 Å². The first-order chi connectivity index (χ1) is 9.00. The minimum Gasteiger partial charge on any atom is -0.336 e. The maximum atomic E-state index is 12.5. The average Bonchev–Trinajstić information content (AvgIpc) is 2.41. The molecule has 1 fully saturated rings. The number of carbonyl (C=O) groups is 1. The van der Waals surface area contributed by atoms with Crippen LogP contribution < -0.4 is 5.73 Å². The summed E-state index contributed by atoms with van der Waals surface area (Å²) < 4.78 is 0. The van der Waals surface area contributed by atoms with E-state index in [2.05, 4.69) is 13.8 Å². The number of hydrogen-bond donors (Lipinski definition) is 1. The fraction of sp³-hybridized carbons (Fsp3) is 0.533. The van der Waals surface area contributed by atoms with Gasteiger partial charge in [0.25, 0.3) is 0 Å². The van der Waals surface area contributed by atoms with Gasteiger partial charge >= 0.3 is 0 Å². The Balaban J connectivity index is 2.12. The molecule has 3 atom stereocenters. The van der Waals surface area contributed by atoms with Crippen LogP contribution in [-0.2, 0) is 4.79 Å². The third-order valence-corrected chi connectivity index (χ3v) is 5.21. The van der Waals surface area contributed by atoms with Gasteiger partial charge in [-0.15, -0.1) is 0 Å². The highest BCUT2D eigenvalue weighted by Gasteiger charge is 2.31. The molecule has 19 heavy (non-hydrogen) atoms. The summed E-state index contributed by atoms with van der Waals surface area (Å²) in [6.45, 7) is 7.11.